The summed E-state index contributed by atoms with van der Waals surface area (Å²) in [6.07, 6.45) is 1.01. The third-order valence-electron chi connectivity index (χ3n) is 5.43. The Hall–Kier alpha value is -2.56. The van der Waals surface area contributed by atoms with Gasteiger partial charge in [-0.15, -0.1) is 24.0 Å². The molecule has 2 N–H and O–H groups in total. The summed E-state index contributed by atoms with van der Waals surface area (Å²) in [5.74, 6) is 3.70. The number of methoxy groups -OCH3 is 4. The molecule has 176 valence electrons. The molecule has 3 rings (SSSR count). The van der Waals surface area contributed by atoms with Crippen molar-refractivity contribution < 1.29 is 18.9 Å². The van der Waals surface area contributed by atoms with Crippen LogP contribution in [0.4, 0.5) is 5.69 Å². The third-order valence-corrected chi connectivity index (χ3v) is 5.43. The Labute approximate surface area is 207 Å². The van der Waals surface area contributed by atoms with Crippen LogP contribution in [0.5, 0.6) is 23.0 Å². The number of hydrogen-bond acceptors (Lipinski definition) is 6. The van der Waals surface area contributed by atoms with Gasteiger partial charge in [0.15, 0.2) is 5.96 Å². The molecule has 0 spiro atoms. The summed E-state index contributed by atoms with van der Waals surface area (Å²) in [6, 6.07) is 12.1. The Morgan fingerprint density at radius 2 is 1.66 bits per heavy atom. The van der Waals surface area contributed by atoms with Gasteiger partial charge in [0.25, 0.3) is 0 Å². The Morgan fingerprint density at radius 3 is 2.25 bits per heavy atom. The molecule has 0 radical (unpaired) electrons. The molecule has 1 atom stereocenters. The number of halogens is 1. The average molecular weight is 556 g/mol. The molecule has 1 heterocycles. The molecule has 1 saturated heterocycles. The first kappa shape index (κ1) is 25.7. The zero-order chi connectivity index (χ0) is 22.2. The van der Waals surface area contributed by atoms with E-state index < -0.39 is 0 Å². The zero-order valence-corrected chi connectivity index (χ0v) is 21.6. The number of ether oxygens (including phenoxy) is 4. The second-order valence-electron chi connectivity index (χ2n) is 7.18. The molecule has 2 aromatic carbocycles. The summed E-state index contributed by atoms with van der Waals surface area (Å²) in [5, 5.41) is 6.89. The minimum Gasteiger partial charge on any atom is -0.496 e. The number of nitrogens with zero attached hydrogens (tertiary/aromatic N) is 2. The van der Waals surface area contributed by atoms with Crippen molar-refractivity contribution in [2.45, 2.75) is 19.0 Å². The lowest BCUT2D eigenvalue weighted by Gasteiger charge is -2.22. The van der Waals surface area contributed by atoms with Gasteiger partial charge in [-0.2, -0.15) is 0 Å². The maximum absolute atomic E-state index is 5.54. The second kappa shape index (κ2) is 12.5. The fraction of sp³-hybridized carbons (Fsp3) is 0.435. The largest absolute Gasteiger partial charge is 0.496 e. The molecular formula is C23H33IN4O4. The molecule has 1 fully saturated rings. The van der Waals surface area contributed by atoms with E-state index in [0.717, 1.165) is 42.5 Å². The van der Waals surface area contributed by atoms with Crippen molar-refractivity contribution in [3.63, 3.8) is 0 Å². The Balaban J connectivity index is 0.00000363. The van der Waals surface area contributed by atoms with E-state index in [4.69, 9.17) is 18.9 Å². The van der Waals surface area contributed by atoms with Crippen LogP contribution in [0, 0.1) is 0 Å². The van der Waals surface area contributed by atoms with Crippen molar-refractivity contribution >= 4 is 35.6 Å². The first-order valence-electron chi connectivity index (χ1n) is 10.3. The van der Waals surface area contributed by atoms with Crippen LogP contribution in [0.15, 0.2) is 41.4 Å². The van der Waals surface area contributed by atoms with Gasteiger partial charge in [-0.3, -0.25) is 4.99 Å². The summed E-state index contributed by atoms with van der Waals surface area (Å²) in [6.45, 7) is 2.32. The van der Waals surface area contributed by atoms with Crippen molar-refractivity contribution in [1.82, 2.24) is 10.6 Å². The van der Waals surface area contributed by atoms with Gasteiger partial charge >= 0.3 is 0 Å². The smallest absolute Gasteiger partial charge is 0.191 e. The number of rotatable bonds is 8. The van der Waals surface area contributed by atoms with Gasteiger partial charge in [0.2, 0.25) is 0 Å². The molecule has 32 heavy (non-hydrogen) atoms. The number of nitrogens with one attached hydrogen (secondary N) is 2. The number of hydrogen-bond donors (Lipinski definition) is 2. The van der Waals surface area contributed by atoms with E-state index in [0.29, 0.717) is 23.8 Å². The number of benzene rings is 2. The van der Waals surface area contributed by atoms with Gasteiger partial charge in [0, 0.05) is 38.3 Å². The summed E-state index contributed by atoms with van der Waals surface area (Å²) < 4.78 is 21.9. The van der Waals surface area contributed by atoms with Gasteiger partial charge < -0.3 is 34.5 Å². The van der Waals surface area contributed by atoms with Gasteiger partial charge in [0.1, 0.15) is 23.0 Å². The van der Waals surface area contributed by atoms with E-state index in [1.807, 2.05) is 30.3 Å². The maximum atomic E-state index is 5.54. The van der Waals surface area contributed by atoms with Crippen LogP contribution >= 0.6 is 24.0 Å². The summed E-state index contributed by atoms with van der Waals surface area (Å²) >= 11 is 0. The molecule has 0 aliphatic carbocycles. The van der Waals surface area contributed by atoms with Crippen LogP contribution in [-0.2, 0) is 6.54 Å². The van der Waals surface area contributed by atoms with Gasteiger partial charge in [-0.1, -0.05) is 12.1 Å². The van der Waals surface area contributed by atoms with E-state index in [1.165, 1.54) is 0 Å². The minimum absolute atomic E-state index is 0. The molecule has 2 aromatic rings. The van der Waals surface area contributed by atoms with Crippen LogP contribution in [0.2, 0.25) is 0 Å². The molecule has 1 aliphatic heterocycles. The first-order chi connectivity index (χ1) is 15.1. The van der Waals surface area contributed by atoms with Gasteiger partial charge in [0.05, 0.1) is 46.2 Å². The lowest BCUT2D eigenvalue weighted by molar-refractivity contribution is 0.368. The zero-order valence-electron chi connectivity index (χ0n) is 19.3. The maximum Gasteiger partial charge on any atom is 0.191 e. The molecule has 9 heteroatoms. The Morgan fingerprint density at radius 1 is 1.00 bits per heavy atom. The fourth-order valence-electron chi connectivity index (χ4n) is 3.80. The molecule has 0 bridgehead atoms. The van der Waals surface area contributed by atoms with Crippen LogP contribution in [0.1, 0.15) is 12.0 Å². The summed E-state index contributed by atoms with van der Waals surface area (Å²) in [4.78, 5) is 6.72. The molecule has 1 aliphatic rings. The van der Waals surface area contributed by atoms with Gasteiger partial charge in [-0.05, 0) is 18.6 Å². The molecule has 8 nitrogen and oxygen atoms in total. The number of guanidine groups is 1. The number of anilines is 1. The van der Waals surface area contributed by atoms with Gasteiger partial charge in [-0.25, -0.2) is 0 Å². The van der Waals surface area contributed by atoms with Crippen LogP contribution in [0.3, 0.4) is 0 Å². The Bertz CT molecular complexity index is 884. The molecule has 0 saturated carbocycles. The highest BCUT2D eigenvalue weighted by Gasteiger charge is 2.25. The number of para-hydroxylation sites is 2. The lowest BCUT2D eigenvalue weighted by atomic mass is 10.1. The predicted octanol–water partition coefficient (Wildman–Crippen LogP) is 3.28. The third kappa shape index (κ3) is 6.02. The SMILES string of the molecule is CN=C(NCc1c(OC)cc(OC)cc1OC)NC1CCN(c2ccccc2OC)C1.I. The molecule has 0 aromatic heterocycles. The van der Waals surface area contributed by atoms with Crippen LogP contribution < -0.4 is 34.5 Å². The highest BCUT2D eigenvalue weighted by molar-refractivity contribution is 14.0. The molecule has 1 unspecified atom stereocenters. The van der Waals surface area contributed by atoms with Crippen LogP contribution in [0.25, 0.3) is 0 Å². The highest BCUT2D eigenvalue weighted by Crippen LogP contribution is 2.34. The van der Waals surface area contributed by atoms with E-state index in [1.54, 1.807) is 35.5 Å². The number of aliphatic imine (C=N–C) groups is 1. The summed E-state index contributed by atoms with van der Waals surface area (Å²) in [5.41, 5.74) is 2.01. The standard InChI is InChI=1S/C23H32N4O4.HI/c1-24-23(25-14-18-21(30-4)12-17(28-2)13-22(18)31-5)26-16-10-11-27(15-16)19-8-6-7-9-20(19)29-3;/h6-9,12-13,16H,10-11,14-15H2,1-5H3,(H2,24,25,26);1H. The summed E-state index contributed by atoms with van der Waals surface area (Å²) in [7, 11) is 8.36. The van der Waals surface area contributed by atoms with Crippen molar-refractivity contribution in [1.29, 1.82) is 0 Å². The Kier molecular flexibility index (Phi) is 10.0. The average Bonchev–Trinajstić information content (AvgIpc) is 3.29. The molecule has 0 amide bonds. The van der Waals surface area contributed by atoms with Crippen molar-refractivity contribution in [3.8, 4) is 23.0 Å². The van der Waals surface area contributed by atoms with Crippen molar-refractivity contribution in [2.24, 2.45) is 4.99 Å². The normalized spacial score (nSPS) is 15.6. The van der Waals surface area contributed by atoms with E-state index in [-0.39, 0.29) is 30.0 Å². The lowest BCUT2D eigenvalue weighted by Crippen LogP contribution is -2.44. The van der Waals surface area contributed by atoms with Crippen molar-refractivity contribution in [2.75, 3.05) is 53.5 Å². The minimum atomic E-state index is 0. The second-order valence-corrected chi connectivity index (χ2v) is 7.18. The van der Waals surface area contributed by atoms with Crippen LogP contribution in [-0.4, -0.2) is 60.6 Å². The van der Waals surface area contributed by atoms with Crippen molar-refractivity contribution in [3.05, 3.63) is 42.0 Å². The quantitative estimate of drug-likeness (QED) is 0.294. The van der Waals surface area contributed by atoms with E-state index in [9.17, 15) is 0 Å². The monoisotopic (exact) mass is 556 g/mol. The van der Waals surface area contributed by atoms with E-state index in [2.05, 4.69) is 26.6 Å². The highest BCUT2D eigenvalue weighted by atomic mass is 127. The predicted molar refractivity (Wildman–Crippen MR) is 138 cm³/mol. The first-order valence-corrected chi connectivity index (χ1v) is 10.3. The fourth-order valence-corrected chi connectivity index (χ4v) is 3.80. The molecular weight excluding hydrogens is 523 g/mol. The topological polar surface area (TPSA) is 76.6 Å². The van der Waals surface area contributed by atoms with E-state index >= 15 is 0 Å².